The van der Waals surface area contributed by atoms with E-state index in [1.165, 1.54) is 4.90 Å². The molecular formula is C23H23N5O3. The van der Waals surface area contributed by atoms with Crippen molar-refractivity contribution in [3.8, 4) is 11.5 Å². The Bertz CT molecular complexity index is 1260. The van der Waals surface area contributed by atoms with Crippen molar-refractivity contribution < 1.29 is 14.0 Å². The van der Waals surface area contributed by atoms with Crippen molar-refractivity contribution in [2.75, 3.05) is 18.9 Å². The number of amides is 2. The number of nitrogens with zero attached hydrogens (tertiary/aromatic N) is 4. The van der Waals surface area contributed by atoms with E-state index in [0.717, 1.165) is 5.56 Å². The van der Waals surface area contributed by atoms with Gasteiger partial charge in [-0.05, 0) is 44.2 Å². The third kappa shape index (κ3) is 4.05. The number of aromatic nitrogens is 3. The Balaban J connectivity index is 1.63. The van der Waals surface area contributed by atoms with Gasteiger partial charge in [-0.2, -0.15) is 5.10 Å². The molecule has 0 fully saturated rings. The minimum Gasteiger partial charge on any atom is -0.463 e. The molecule has 0 saturated heterocycles. The first-order valence-electron chi connectivity index (χ1n) is 9.83. The van der Waals surface area contributed by atoms with Crippen LogP contribution in [0.4, 0.5) is 5.69 Å². The predicted molar refractivity (Wildman–Crippen MR) is 118 cm³/mol. The quantitative estimate of drug-likeness (QED) is 0.536. The van der Waals surface area contributed by atoms with Gasteiger partial charge in [0.15, 0.2) is 11.4 Å². The number of rotatable bonds is 5. The Labute approximate surface area is 179 Å². The van der Waals surface area contributed by atoms with Gasteiger partial charge in [-0.3, -0.25) is 14.3 Å². The molecule has 1 aromatic carbocycles. The van der Waals surface area contributed by atoms with E-state index >= 15 is 0 Å². The lowest BCUT2D eigenvalue weighted by atomic mass is 10.1. The standard InChI is InChI=1S/C23H23N5O3/c1-14-7-9-16(10-8-14)24-20(29)13-27(3)23(30)17-12-18(19-6-5-11-31-19)25-22-21(17)15(2)26-28(22)4/h5-12H,13H2,1-4H3,(H,24,29). The third-order valence-corrected chi connectivity index (χ3v) is 5.04. The summed E-state index contributed by atoms with van der Waals surface area (Å²) >= 11 is 0. The molecule has 8 heteroatoms. The molecular weight excluding hydrogens is 394 g/mol. The zero-order valence-corrected chi connectivity index (χ0v) is 17.8. The van der Waals surface area contributed by atoms with Crippen molar-refractivity contribution in [2.24, 2.45) is 7.05 Å². The average molecular weight is 417 g/mol. The van der Waals surface area contributed by atoms with Crippen molar-refractivity contribution in [1.82, 2.24) is 19.7 Å². The second kappa shape index (κ2) is 8.06. The van der Waals surface area contributed by atoms with Crippen LogP contribution in [0.1, 0.15) is 21.6 Å². The summed E-state index contributed by atoms with van der Waals surface area (Å²) in [5.41, 5.74) is 4.01. The molecule has 0 radical (unpaired) electrons. The molecule has 0 aliphatic carbocycles. The number of carbonyl (C=O) groups excluding carboxylic acids is 2. The van der Waals surface area contributed by atoms with Crippen LogP contribution in [0.3, 0.4) is 0 Å². The fourth-order valence-corrected chi connectivity index (χ4v) is 3.49. The molecule has 2 amide bonds. The van der Waals surface area contributed by atoms with Crippen molar-refractivity contribution in [3.63, 3.8) is 0 Å². The van der Waals surface area contributed by atoms with E-state index in [-0.39, 0.29) is 18.4 Å². The summed E-state index contributed by atoms with van der Waals surface area (Å²) in [6.07, 6.45) is 1.55. The maximum Gasteiger partial charge on any atom is 0.254 e. The molecule has 0 bridgehead atoms. The van der Waals surface area contributed by atoms with E-state index in [1.54, 1.807) is 43.2 Å². The number of aryl methyl sites for hydroxylation is 3. The third-order valence-electron chi connectivity index (χ3n) is 5.04. The average Bonchev–Trinajstić information content (AvgIpc) is 3.37. The van der Waals surface area contributed by atoms with Gasteiger partial charge in [-0.15, -0.1) is 0 Å². The number of benzene rings is 1. The number of nitrogens with one attached hydrogen (secondary N) is 1. The molecule has 3 aromatic heterocycles. The largest absolute Gasteiger partial charge is 0.463 e. The van der Waals surface area contributed by atoms with Crippen molar-refractivity contribution >= 4 is 28.5 Å². The highest BCUT2D eigenvalue weighted by Crippen LogP contribution is 2.27. The molecule has 0 atom stereocenters. The molecule has 31 heavy (non-hydrogen) atoms. The van der Waals surface area contributed by atoms with Crippen LogP contribution >= 0.6 is 0 Å². The number of carbonyl (C=O) groups is 2. The first-order valence-corrected chi connectivity index (χ1v) is 9.83. The van der Waals surface area contributed by atoms with Crippen molar-refractivity contribution in [3.05, 3.63) is 65.5 Å². The summed E-state index contributed by atoms with van der Waals surface area (Å²) < 4.78 is 7.11. The van der Waals surface area contributed by atoms with Gasteiger partial charge in [-0.1, -0.05) is 17.7 Å². The first-order chi connectivity index (χ1) is 14.8. The molecule has 0 aliphatic rings. The van der Waals surface area contributed by atoms with Crippen LogP contribution in [0.25, 0.3) is 22.5 Å². The minimum atomic E-state index is -0.296. The Morgan fingerprint density at radius 2 is 1.90 bits per heavy atom. The summed E-state index contributed by atoms with van der Waals surface area (Å²) in [5, 5.41) is 7.89. The second-order valence-electron chi connectivity index (χ2n) is 7.52. The van der Waals surface area contributed by atoms with E-state index in [4.69, 9.17) is 4.42 Å². The lowest BCUT2D eigenvalue weighted by Crippen LogP contribution is -2.35. The van der Waals surface area contributed by atoms with E-state index in [9.17, 15) is 9.59 Å². The van der Waals surface area contributed by atoms with Crippen LogP contribution in [0, 0.1) is 13.8 Å². The van der Waals surface area contributed by atoms with Gasteiger partial charge < -0.3 is 14.6 Å². The SMILES string of the molecule is Cc1ccc(NC(=O)CN(C)C(=O)c2cc(-c3ccco3)nc3c2c(C)nn3C)cc1. The van der Waals surface area contributed by atoms with Gasteiger partial charge in [-0.25, -0.2) is 4.98 Å². The summed E-state index contributed by atoms with van der Waals surface area (Å²) in [5.74, 6) is -0.0240. The maximum atomic E-state index is 13.3. The fourth-order valence-electron chi connectivity index (χ4n) is 3.49. The Morgan fingerprint density at radius 1 is 1.16 bits per heavy atom. The number of anilines is 1. The summed E-state index contributed by atoms with van der Waals surface area (Å²) in [6.45, 7) is 3.72. The minimum absolute atomic E-state index is 0.0913. The number of furan rings is 1. The number of likely N-dealkylation sites (N-methyl/N-ethyl adjacent to an activating group) is 1. The topological polar surface area (TPSA) is 93.3 Å². The zero-order chi connectivity index (χ0) is 22.1. The van der Waals surface area contributed by atoms with E-state index in [0.29, 0.717) is 39.4 Å². The van der Waals surface area contributed by atoms with Crippen LogP contribution in [0.2, 0.25) is 0 Å². The van der Waals surface area contributed by atoms with Crippen LogP contribution in [0.5, 0.6) is 0 Å². The Hall–Kier alpha value is -3.94. The molecule has 4 aromatic rings. The Kier molecular flexibility index (Phi) is 5.29. The fraction of sp³-hybridized carbons (Fsp3) is 0.217. The zero-order valence-electron chi connectivity index (χ0n) is 17.8. The smallest absolute Gasteiger partial charge is 0.254 e. The molecule has 0 unspecified atom stereocenters. The van der Waals surface area contributed by atoms with Gasteiger partial charge in [0.2, 0.25) is 5.91 Å². The van der Waals surface area contributed by atoms with Crippen LogP contribution in [0.15, 0.2) is 53.1 Å². The van der Waals surface area contributed by atoms with Gasteiger partial charge in [0.05, 0.1) is 29.5 Å². The molecule has 4 rings (SSSR count). The summed E-state index contributed by atoms with van der Waals surface area (Å²) in [4.78, 5) is 31.8. The molecule has 3 heterocycles. The number of hydrogen-bond donors (Lipinski definition) is 1. The second-order valence-corrected chi connectivity index (χ2v) is 7.52. The molecule has 0 saturated carbocycles. The number of hydrogen-bond acceptors (Lipinski definition) is 5. The van der Waals surface area contributed by atoms with Gasteiger partial charge >= 0.3 is 0 Å². The van der Waals surface area contributed by atoms with E-state index < -0.39 is 0 Å². The highest BCUT2D eigenvalue weighted by atomic mass is 16.3. The van der Waals surface area contributed by atoms with Crippen molar-refractivity contribution in [1.29, 1.82) is 0 Å². The lowest BCUT2D eigenvalue weighted by molar-refractivity contribution is -0.116. The van der Waals surface area contributed by atoms with E-state index in [2.05, 4.69) is 15.4 Å². The Morgan fingerprint density at radius 3 is 2.58 bits per heavy atom. The summed E-state index contributed by atoms with van der Waals surface area (Å²) in [6, 6.07) is 12.7. The first kappa shape index (κ1) is 20.3. The summed E-state index contributed by atoms with van der Waals surface area (Å²) in [7, 11) is 3.38. The molecule has 158 valence electrons. The van der Waals surface area contributed by atoms with Crippen molar-refractivity contribution in [2.45, 2.75) is 13.8 Å². The van der Waals surface area contributed by atoms with Crippen LogP contribution < -0.4 is 5.32 Å². The maximum absolute atomic E-state index is 13.3. The molecule has 0 aliphatic heterocycles. The highest BCUT2D eigenvalue weighted by molar-refractivity contribution is 6.08. The van der Waals surface area contributed by atoms with Gasteiger partial charge in [0.25, 0.3) is 5.91 Å². The van der Waals surface area contributed by atoms with E-state index in [1.807, 2.05) is 38.1 Å². The van der Waals surface area contributed by atoms with Gasteiger partial charge in [0, 0.05) is 19.8 Å². The lowest BCUT2D eigenvalue weighted by Gasteiger charge is -2.18. The van der Waals surface area contributed by atoms with Gasteiger partial charge in [0.1, 0.15) is 5.69 Å². The number of pyridine rings is 1. The molecule has 0 spiro atoms. The molecule has 8 nitrogen and oxygen atoms in total. The molecule has 1 N–H and O–H groups in total. The van der Waals surface area contributed by atoms with Crippen LogP contribution in [-0.2, 0) is 11.8 Å². The predicted octanol–water partition coefficient (Wildman–Crippen LogP) is 3.56. The normalized spacial score (nSPS) is 11.0. The number of fused-ring (bicyclic) bond motifs is 1. The highest BCUT2D eigenvalue weighted by Gasteiger charge is 2.23. The van der Waals surface area contributed by atoms with Crippen LogP contribution in [-0.4, -0.2) is 45.1 Å². The monoisotopic (exact) mass is 417 g/mol.